The summed E-state index contributed by atoms with van der Waals surface area (Å²) >= 11 is 0. The van der Waals surface area contributed by atoms with Gasteiger partial charge in [-0.3, -0.25) is 13.9 Å². The van der Waals surface area contributed by atoms with Gasteiger partial charge in [-0.15, -0.1) is 0 Å². The Balaban J connectivity index is 1.85. The van der Waals surface area contributed by atoms with E-state index in [9.17, 15) is 9.59 Å². The van der Waals surface area contributed by atoms with Crippen LogP contribution in [0.1, 0.15) is 49.7 Å². The third-order valence-corrected chi connectivity index (χ3v) is 6.84. The third-order valence-electron chi connectivity index (χ3n) is 6.84. The molecule has 0 spiro atoms. The molecule has 1 unspecified atom stereocenters. The molecule has 9 nitrogen and oxygen atoms in total. The van der Waals surface area contributed by atoms with Crippen LogP contribution < -0.4 is 22.4 Å². The van der Waals surface area contributed by atoms with Crippen LogP contribution in [-0.4, -0.2) is 50.9 Å². The highest BCUT2D eigenvalue weighted by Crippen LogP contribution is 2.17. The van der Waals surface area contributed by atoms with E-state index < -0.39 is 0 Å². The largest absolute Gasteiger partial charge is 0.399 e. The van der Waals surface area contributed by atoms with Crippen LogP contribution in [0, 0.1) is 0 Å². The molecule has 0 bridgehead atoms. The molecule has 0 aliphatic heterocycles. The van der Waals surface area contributed by atoms with E-state index in [4.69, 9.17) is 10.7 Å². The van der Waals surface area contributed by atoms with Gasteiger partial charge in [0, 0.05) is 31.2 Å². The molecule has 2 aromatic carbocycles. The van der Waals surface area contributed by atoms with E-state index in [-0.39, 0.29) is 17.3 Å². The highest BCUT2D eigenvalue weighted by molar-refractivity contribution is 5.71. The van der Waals surface area contributed by atoms with Crippen molar-refractivity contribution in [3.63, 3.8) is 0 Å². The second kappa shape index (κ2) is 12.1. The van der Waals surface area contributed by atoms with Gasteiger partial charge in [-0.05, 0) is 77.0 Å². The number of hydrogen-bond acceptors (Lipinski definition) is 6. The summed E-state index contributed by atoms with van der Waals surface area (Å²) in [6.45, 7) is 5.84. The van der Waals surface area contributed by atoms with Crippen molar-refractivity contribution in [2.75, 3.05) is 38.3 Å². The fourth-order valence-electron chi connectivity index (χ4n) is 4.83. The fraction of sp³-hybridized carbons (Fsp3) is 0.414. The molecular formula is C29H39N7O2. The number of benzene rings is 2. The van der Waals surface area contributed by atoms with Crippen LogP contribution >= 0.6 is 0 Å². The predicted molar refractivity (Wildman–Crippen MR) is 154 cm³/mol. The highest BCUT2D eigenvalue weighted by Gasteiger charge is 2.24. The van der Waals surface area contributed by atoms with Crippen molar-refractivity contribution in [2.45, 2.75) is 52.1 Å². The minimum Gasteiger partial charge on any atom is -0.399 e. The van der Waals surface area contributed by atoms with Crippen molar-refractivity contribution in [1.82, 2.24) is 23.7 Å². The van der Waals surface area contributed by atoms with Gasteiger partial charge in [0.05, 0.1) is 0 Å². The number of nitrogens with one attached hydrogen (secondary N) is 1. The quantitative estimate of drug-likeness (QED) is 0.280. The van der Waals surface area contributed by atoms with Crippen molar-refractivity contribution in [3.05, 3.63) is 92.4 Å². The SMILES string of the molecule is CCNn1c(Cc2ccccc2)nc2c1c(=O)n(C(C)CCCN(C)C)c(=O)n2CCc1ccc(N)cc1. The third kappa shape index (κ3) is 5.99. The number of rotatable bonds is 12. The molecule has 202 valence electrons. The first-order valence-corrected chi connectivity index (χ1v) is 13.3. The van der Waals surface area contributed by atoms with E-state index in [0.717, 1.165) is 30.5 Å². The number of nitrogen functional groups attached to an aromatic ring is 1. The first-order chi connectivity index (χ1) is 18.3. The molecule has 2 heterocycles. The molecule has 0 fully saturated rings. The summed E-state index contributed by atoms with van der Waals surface area (Å²) in [4.78, 5) is 34.8. The van der Waals surface area contributed by atoms with Gasteiger partial charge in [0.25, 0.3) is 5.56 Å². The Morgan fingerprint density at radius 2 is 1.74 bits per heavy atom. The molecule has 0 radical (unpaired) electrons. The number of nitrogens with two attached hydrogens (primary N) is 1. The topological polar surface area (TPSA) is 103 Å². The summed E-state index contributed by atoms with van der Waals surface area (Å²) < 4.78 is 4.87. The van der Waals surface area contributed by atoms with Crippen LogP contribution in [0.25, 0.3) is 11.2 Å². The van der Waals surface area contributed by atoms with Crippen LogP contribution in [0.15, 0.2) is 64.2 Å². The average molecular weight is 518 g/mol. The van der Waals surface area contributed by atoms with Gasteiger partial charge in [-0.25, -0.2) is 14.5 Å². The minimum atomic E-state index is -0.317. The van der Waals surface area contributed by atoms with Gasteiger partial charge in [0.1, 0.15) is 5.82 Å². The Morgan fingerprint density at radius 3 is 2.39 bits per heavy atom. The highest BCUT2D eigenvalue weighted by atomic mass is 16.2. The molecule has 0 saturated heterocycles. The lowest BCUT2D eigenvalue weighted by molar-refractivity contribution is 0.362. The molecule has 38 heavy (non-hydrogen) atoms. The van der Waals surface area contributed by atoms with Crippen molar-refractivity contribution in [1.29, 1.82) is 0 Å². The Hall–Kier alpha value is -3.85. The number of aromatic nitrogens is 4. The van der Waals surface area contributed by atoms with E-state index in [1.54, 1.807) is 9.24 Å². The number of aryl methyl sites for hydroxylation is 2. The molecule has 0 aliphatic carbocycles. The van der Waals surface area contributed by atoms with E-state index in [1.807, 2.05) is 82.5 Å². The first-order valence-electron chi connectivity index (χ1n) is 13.3. The Bertz CT molecular complexity index is 1470. The van der Waals surface area contributed by atoms with Crippen LogP contribution in [0.2, 0.25) is 0 Å². The number of anilines is 1. The zero-order valence-corrected chi connectivity index (χ0v) is 22.9. The first kappa shape index (κ1) is 27.2. The van der Waals surface area contributed by atoms with Crippen LogP contribution in [-0.2, 0) is 19.4 Å². The Kier molecular flexibility index (Phi) is 8.68. The number of fused-ring (bicyclic) bond motifs is 1. The van der Waals surface area contributed by atoms with Gasteiger partial charge in [-0.1, -0.05) is 42.5 Å². The van der Waals surface area contributed by atoms with Crippen molar-refractivity contribution in [2.24, 2.45) is 0 Å². The molecule has 9 heteroatoms. The average Bonchev–Trinajstić information content (AvgIpc) is 3.23. The number of nitrogens with zero attached hydrogens (tertiary/aromatic N) is 5. The molecule has 1 atom stereocenters. The van der Waals surface area contributed by atoms with E-state index >= 15 is 0 Å². The smallest absolute Gasteiger partial charge is 0.333 e. The molecule has 0 aliphatic rings. The lowest BCUT2D eigenvalue weighted by atomic mass is 10.1. The second-order valence-corrected chi connectivity index (χ2v) is 10.1. The molecule has 2 aromatic heterocycles. The van der Waals surface area contributed by atoms with Gasteiger partial charge < -0.3 is 16.1 Å². The van der Waals surface area contributed by atoms with Gasteiger partial charge in [0.2, 0.25) is 0 Å². The van der Waals surface area contributed by atoms with Crippen molar-refractivity contribution < 1.29 is 0 Å². The maximum Gasteiger partial charge on any atom is 0.333 e. The molecule has 4 aromatic rings. The van der Waals surface area contributed by atoms with Crippen LogP contribution in [0.3, 0.4) is 0 Å². The molecular weight excluding hydrogens is 478 g/mol. The summed E-state index contributed by atoms with van der Waals surface area (Å²) in [6, 6.07) is 17.4. The minimum absolute atomic E-state index is 0.246. The lowest BCUT2D eigenvalue weighted by Gasteiger charge is -2.19. The summed E-state index contributed by atoms with van der Waals surface area (Å²) in [5, 5.41) is 0. The van der Waals surface area contributed by atoms with Crippen LogP contribution in [0.4, 0.5) is 5.69 Å². The predicted octanol–water partition coefficient (Wildman–Crippen LogP) is 3.24. The van der Waals surface area contributed by atoms with E-state index in [0.29, 0.717) is 48.6 Å². The van der Waals surface area contributed by atoms with E-state index in [1.165, 1.54) is 4.57 Å². The number of hydrogen-bond donors (Lipinski definition) is 2. The monoisotopic (exact) mass is 517 g/mol. The van der Waals surface area contributed by atoms with Crippen molar-refractivity contribution >= 4 is 16.9 Å². The normalized spacial score (nSPS) is 12.3. The van der Waals surface area contributed by atoms with Gasteiger partial charge >= 0.3 is 5.69 Å². The lowest BCUT2D eigenvalue weighted by Crippen LogP contribution is -2.43. The summed E-state index contributed by atoms with van der Waals surface area (Å²) in [7, 11) is 4.05. The standard InChI is InChI=1S/C29H39N7O2/c1-5-31-36-25(20-23-11-7-6-8-12-23)32-27-26(36)28(37)35(21(2)10-9-18-33(3)4)29(38)34(27)19-17-22-13-15-24(30)16-14-22/h6-8,11-16,21,31H,5,9-10,17-20,30H2,1-4H3. The summed E-state index contributed by atoms with van der Waals surface area (Å²) in [5.41, 5.74) is 12.2. The van der Waals surface area contributed by atoms with Crippen molar-refractivity contribution in [3.8, 4) is 0 Å². The molecule has 4 rings (SSSR count). The molecule has 3 N–H and O–H groups in total. The van der Waals surface area contributed by atoms with Crippen LogP contribution in [0.5, 0.6) is 0 Å². The zero-order chi connectivity index (χ0) is 27.2. The summed E-state index contributed by atoms with van der Waals surface area (Å²) in [6.07, 6.45) is 2.76. The van der Waals surface area contributed by atoms with Gasteiger partial charge in [-0.2, -0.15) is 0 Å². The molecule has 0 amide bonds. The summed E-state index contributed by atoms with van der Waals surface area (Å²) in [5.74, 6) is 0.698. The Morgan fingerprint density at radius 1 is 1.03 bits per heavy atom. The second-order valence-electron chi connectivity index (χ2n) is 10.1. The maximum atomic E-state index is 13.9. The Labute approximate surface area is 223 Å². The van der Waals surface area contributed by atoms with E-state index in [2.05, 4.69) is 10.3 Å². The zero-order valence-electron chi connectivity index (χ0n) is 22.9. The number of imidazole rings is 1. The molecule has 0 saturated carbocycles. The maximum absolute atomic E-state index is 13.9. The van der Waals surface area contributed by atoms with Gasteiger partial charge in [0.15, 0.2) is 11.2 Å². The fourth-order valence-corrected chi connectivity index (χ4v) is 4.83.